The number of ether oxygens (including phenoxy) is 1. The maximum absolute atomic E-state index is 5.77. The van der Waals surface area contributed by atoms with E-state index in [1.807, 2.05) is 0 Å². The van der Waals surface area contributed by atoms with Gasteiger partial charge in [0.05, 0.1) is 6.61 Å². The lowest BCUT2D eigenvalue weighted by molar-refractivity contribution is 0.188. The van der Waals surface area contributed by atoms with Gasteiger partial charge in [0, 0.05) is 0 Å². The molecule has 0 saturated carbocycles. The zero-order valence-corrected chi connectivity index (χ0v) is 11.4. The Morgan fingerprint density at radius 1 is 1.22 bits per heavy atom. The third kappa shape index (κ3) is 2.97. The molecule has 1 atom stereocenters. The first-order chi connectivity index (χ1) is 8.92. The summed E-state index contributed by atoms with van der Waals surface area (Å²) in [5, 5.41) is 0. The number of hydrogen-bond donors (Lipinski definition) is 0. The molecule has 2 heterocycles. The number of fused-ring (bicyclic) bond motifs is 1. The molecule has 0 aromatic rings. The quantitative estimate of drug-likeness (QED) is 0.754. The highest BCUT2D eigenvalue weighted by molar-refractivity contribution is 5.31. The van der Waals surface area contributed by atoms with Crippen LogP contribution in [0, 0.1) is 5.92 Å². The van der Waals surface area contributed by atoms with Crippen LogP contribution < -0.4 is 0 Å². The Morgan fingerprint density at radius 3 is 3.00 bits per heavy atom. The van der Waals surface area contributed by atoms with Gasteiger partial charge in [-0.3, -0.25) is 0 Å². The fraction of sp³-hybridized carbons (Fsp3) is 0.750. The monoisotopic (exact) mass is 247 g/mol. The number of rotatable bonds is 4. The van der Waals surface area contributed by atoms with Crippen LogP contribution in [0.15, 0.2) is 23.5 Å². The van der Waals surface area contributed by atoms with Crippen LogP contribution in [0.25, 0.3) is 0 Å². The van der Waals surface area contributed by atoms with Gasteiger partial charge in [-0.2, -0.15) is 0 Å². The minimum absolute atomic E-state index is 0.726. The van der Waals surface area contributed by atoms with Crippen molar-refractivity contribution in [2.24, 2.45) is 5.92 Å². The van der Waals surface area contributed by atoms with Crippen molar-refractivity contribution >= 4 is 0 Å². The van der Waals surface area contributed by atoms with Crippen LogP contribution in [0.4, 0.5) is 0 Å². The van der Waals surface area contributed by atoms with E-state index in [1.165, 1.54) is 75.9 Å². The average Bonchev–Trinajstić information content (AvgIpc) is 2.92. The van der Waals surface area contributed by atoms with Gasteiger partial charge in [-0.05, 0) is 82.1 Å². The number of nitrogens with zero attached hydrogens (tertiary/aromatic N) is 1. The highest BCUT2D eigenvalue weighted by atomic mass is 16.5. The van der Waals surface area contributed by atoms with E-state index in [-0.39, 0.29) is 0 Å². The molecule has 0 aromatic carbocycles. The number of hydrogen-bond acceptors (Lipinski definition) is 2. The summed E-state index contributed by atoms with van der Waals surface area (Å²) in [7, 11) is 0. The molecule has 0 bridgehead atoms. The molecule has 0 N–H and O–H groups in total. The number of allylic oxidation sites excluding steroid dienone is 3. The lowest BCUT2D eigenvalue weighted by Gasteiger charge is -2.26. The van der Waals surface area contributed by atoms with Gasteiger partial charge < -0.3 is 9.64 Å². The van der Waals surface area contributed by atoms with Crippen molar-refractivity contribution in [2.75, 3.05) is 26.2 Å². The molecule has 2 aliphatic heterocycles. The zero-order valence-electron chi connectivity index (χ0n) is 11.4. The maximum atomic E-state index is 5.77. The minimum Gasteiger partial charge on any atom is -0.494 e. The standard InChI is InChI=1S/C16H25NO/c1-2-10-17(9-1)11-3-5-14-7-8-15-6-4-12-18-16(15)13-14/h8,13-14H,1-7,9-12H2. The molecule has 1 unspecified atom stereocenters. The summed E-state index contributed by atoms with van der Waals surface area (Å²) in [6.07, 6.45) is 14.0. The van der Waals surface area contributed by atoms with Crippen molar-refractivity contribution in [1.29, 1.82) is 0 Å². The third-order valence-corrected chi connectivity index (χ3v) is 4.47. The second-order valence-electron chi connectivity index (χ2n) is 5.90. The average molecular weight is 247 g/mol. The van der Waals surface area contributed by atoms with Crippen molar-refractivity contribution in [3.8, 4) is 0 Å². The summed E-state index contributed by atoms with van der Waals surface area (Å²) in [4.78, 5) is 2.62. The Bertz CT molecular complexity index is 339. The fourth-order valence-electron chi connectivity index (χ4n) is 3.38. The SMILES string of the molecule is C1=C2CCCOC2=CC(CCCN2CCCC2)C1. The third-order valence-electron chi connectivity index (χ3n) is 4.47. The summed E-state index contributed by atoms with van der Waals surface area (Å²) < 4.78 is 5.77. The van der Waals surface area contributed by atoms with Crippen LogP contribution in [0.3, 0.4) is 0 Å². The predicted molar refractivity (Wildman–Crippen MR) is 74.4 cm³/mol. The largest absolute Gasteiger partial charge is 0.494 e. The van der Waals surface area contributed by atoms with Gasteiger partial charge >= 0.3 is 0 Å². The molecule has 0 radical (unpaired) electrons. The van der Waals surface area contributed by atoms with Gasteiger partial charge in [0.1, 0.15) is 5.76 Å². The molecule has 2 heteroatoms. The van der Waals surface area contributed by atoms with Gasteiger partial charge in [-0.25, -0.2) is 0 Å². The number of likely N-dealkylation sites (tertiary alicyclic amines) is 1. The van der Waals surface area contributed by atoms with Crippen molar-refractivity contribution in [3.05, 3.63) is 23.5 Å². The van der Waals surface area contributed by atoms with Crippen molar-refractivity contribution in [3.63, 3.8) is 0 Å². The van der Waals surface area contributed by atoms with Gasteiger partial charge in [-0.1, -0.05) is 6.08 Å². The van der Waals surface area contributed by atoms with Crippen LogP contribution in [0.5, 0.6) is 0 Å². The normalized spacial score (nSPS) is 28.3. The van der Waals surface area contributed by atoms with Crippen molar-refractivity contribution in [2.45, 2.75) is 44.9 Å². The van der Waals surface area contributed by atoms with E-state index < -0.39 is 0 Å². The van der Waals surface area contributed by atoms with E-state index in [1.54, 1.807) is 0 Å². The summed E-state index contributed by atoms with van der Waals surface area (Å²) in [6.45, 7) is 4.89. The topological polar surface area (TPSA) is 12.5 Å². The van der Waals surface area contributed by atoms with Crippen molar-refractivity contribution in [1.82, 2.24) is 4.90 Å². The first-order valence-electron chi connectivity index (χ1n) is 7.68. The lowest BCUT2D eigenvalue weighted by atomic mass is 9.89. The molecular formula is C16H25NO. The smallest absolute Gasteiger partial charge is 0.118 e. The second kappa shape index (κ2) is 5.92. The Morgan fingerprint density at radius 2 is 2.11 bits per heavy atom. The molecule has 0 aromatic heterocycles. The van der Waals surface area contributed by atoms with Crippen LogP contribution in [-0.4, -0.2) is 31.1 Å². The highest BCUT2D eigenvalue weighted by Crippen LogP contribution is 2.32. The summed E-state index contributed by atoms with van der Waals surface area (Å²) in [5.41, 5.74) is 1.47. The van der Waals surface area contributed by atoms with Gasteiger partial charge in [-0.15, -0.1) is 0 Å². The Balaban J connectivity index is 1.43. The van der Waals surface area contributed by atoms with E-state index in [0.29, 0.717) is 0 Å². The van der Waals surface area contributed by atoms with Crippen molar-refractivity contribution < 1.29 is 4.74 Å². The Hall–Kier alpha value is -0.760. The van der Waals surface area contributed by atoms with Gasteiger partial charge in [0.15, 0.2) is 0 Å². The highest BCUT2D eigenvalue weighted by Gasteiger charge is 2.20. The van der Waals surface area contributed by atoms with E-state index >= 15 is 0 Å². The molecule has 0 spiro atoms. The predicted octanol–water partition coefficient (Wildman–Crippen LogP) is 3.50. The molecule has 0 amide bonds. The Kier molecular flexibility index (Phi) is 4.04. The molecule has 18 heavy (non-hydrogen) atoms. The Labute approximate surface area is 111 Å². The van der Waals surface area contributed by atoms with E-state index in [4.69, 9.17) is 4.74 Å². The fourth-order valence-corrected chi connectivity index (χ4v) is 3.38. The second-order valence-corrected chi connectivity index (χ2v) is 5.90. The molecular weight excluding hydrogens is 222 g/mol. The minimum atomic E-state index is 0.726. The first-order valence-corrected chi connectivity index (χ1v) is 7.68. The first kappa shape index (κ1) is 12.3. The van der Waals surface area contributed by atoms with Gasteiger partial charge in [0.2, 0.25) is 0 Å². The molecule has 3 rings (SSSR count). The zero-order chi connectivity index (χ0) is 12.2. The van der Waals surface area contributed by atoms with E-state index in [9.17, 15) is 0 Å². The summed E-state index contributed by atoms with van der Waals surface area (Å²) in [6, 6.07) is 0. The molecule has 2 nitrogen and oxygen atoms in total. The van der Waals surface area contributed by atoms with Gasteiger partial charge in [0.25, 0.3) is 0 Å². The molecule has 100 valence electrons. The maximum Gasteiger partial charge on any atom is 0.118 e. The molecule has 3 aliphatic rings. The summed E-state index contributed by atoms with van der Waals surface area (Å²) >= 11 is 0. The van der Waals surface area contributed by atoms with E-state index in [2.05, 4.69) is 17.1 Å². The van der Waals surface area contributed by atoms with Crippen LogP contribution in [0.2, 0.25) is 0 Å². The molecule has 2 saturated heterocycles. The lowest BCUT2D eigenvalue weighted by Crippen LogP contribution is -2.21. The van der Waals surface area contributed by atoms with Crippen LogP contribution in [-0.2, 0) is 4.74 Å². The van der Waals surface area contributed by atoms with E-state index in [0.717, 1.165) is 12.5 Å². The van der Waals surface area contributed by atoms with Crippen LogP contribution >= 0.6 is 0 Å². The summed E-state index contributed by atoms with van der Waals surface area (Å²) in [5.74, 6) is 1.93. The molecule has 2 fully saturated rings. The molecule has 1 aliphatic carbocycles. The van der Waals surface area contributed by atoms with Crippen LogP contribution in [0.1, 0.15) is 44.9 Å².